The highest BCUT2D eigenvalue weighted by Gasteiger charge is 2.09. The highest BCUT2D eigenvalue weighted by molar-refractivity contribution is 7.12. The van der Waals surface area contributed by atoms with Gasteiger partial charge in [0.15, 0.2) is 0 Å². The monoisotopic (exact) mass is 352 g/mol. The summed E-state index contributed by atoms with van der Waals surface area (Å²) in [5.41, 5.74) is 0.947. The van der Waals surface area contributed by atoms with Gasteiger partial charge in [0.25, 0.3) is 5.19 Å². The molecule has 0 saturated carbocycles. The molecule has 0 radical (unpaired) electrons. The van der Waals surface area contributed by atoms with E-state index in [9.17, 15) is 5.11 Å². The molecule has 3 aromatic rings. The van der Waals surface area contributed by atoms with Crippen molar-refractivity contribution < 1.29 is 9.84 Å². The zero-order valence-corrected chi connectivity index (χ0v) is 13.5. The largest absolute Gasteiger partial charge is 0.485 e. The maximum atomic E-state index is 9.24. The Morgan fingerprint density at radius 1 is 1.00 bits per heavy atom. The third-order valence-corrected chi connectivity index (χ3v) is 4.21. The minimum absolute atomic E-state index is 0.0449. The second kappa shape index (κ2) is 6.52. The SMILES string of the molecule is Oc1nnc(Cc2ccc(Cl)c(Oc3ccccc3Cl)c2)s1. The Labute approximate surface area is 140 Å². The number of aromatic nitrogens is 2. The molecule has 0 aliphatic heterocycles. The maximum absolute atomic E-state index is 9.24. The van der Waals surface area contributed by atoms with Gasteiger partial charge in [0.1, 0.15) is 16.5 Å². The zero-order chi connectivity index (χ0) is 15.5. The Balaban J connectivity index is 1.85. The first-order chi connectivity index (χ1) is 10.6. The van der Waals surface area contributed by atoms with Crippen molar-refractivity contribution in [3.05, 3.63) is 63.1 Å². The van der Waals surface area contributed by atoms with Crippen molar-refractivity contribution in [3.63, 3.8) is 0 Å². The van der Waals surface area contributed by atoms with Crippen LogP contribution in [-0.2, 0) is 6.42 Å². The number of rotatable bonds is 4. The molecule has 0 aliphatic carbocycles. The molecule has 0 spiro atoms. The average molecular weight is 353 g/mol. The molecule has 0 amide bonds. The summed E-state index contributed by atoms with van der Waals surface area (Å²) in [4.78, 5) is 0. The van der Waals surface area contributed by atoms with E-state index >= 15 is 0 Å². The van der Waals surface area contributed by atoms with Crippen molar-refractivity contribution in [2.75, 3.05) is 0 Å². The standard InChI is InChI=1S/C15H10Cl2N2O2S/c16-10-3-1-2-4-12(10)21-13-7-9(5-6-11(13)17)8-14-18-19-15(20)22-14/h1-7H,8H2,(H,19,20). The van der Waals surface area contributed by atoms with Crippen LogP contribution >= 0.6 is 34.5 Å². The van der Waals surface area contributed by atoms with Crippen LogP contribution in [-0.4, -0.2) is 15.3 Å². The van der Waals surface area contributed by atoms with E-state index in [4.69, 9.17) is 27.9 Å². The minimum Gasteiger partial charge on any atom is -0.485 e. The summed E-state index contributed by atoms with van der Waals surface area (Å²) in [6, 6.07) is 12.6. The van der Waals surface area contributed by atoms with Crippen molar-refractivity contribution in [3.8, 4) is 16.7 Å². The zero-order valence-electron chi connectivity index (χ0n) is 11.2. The number of hydrogen-bond donors (Lipinski definition) is 1. The molecule has 4 nitrogen and oxygen atoms in total. The van der Waals surface area contributed by atoms with E-state index in [0.29, 0.717) is 33.0 Å². The molecule has 0 fully saturated rings. The lowest BCUT2D eigenvalue weighted by molar-refractivity contribution is 0.465. The van der Waals surface area contributed by atoms with Gasteiger partial charge in [0.05, 0.1) is 10.0 Å². The third kappa shape index (κ3) is 3.50. The first kappa shape index (κ1) is 15.1. The number of nitrogens with zero attached hydrogens (tertiary/aromatic N) is 2. The molecule has 0 saturated heterocycles. The van der Waals surface area contributed by atoms with Gasteiger partial charge in [-0.25, -0.2) is 0 Å². The molecule has 1 aromatic heterocycles. The highest BCUT2D eigenvalue weighted by atomic mass is 35.5. The molecule has 112 valence electrons. The fourth-order valence-electron chi connectivity index (χ4n) is 1.87. The quantitative estimate of drug-likeness (QED) is 0.722. The lowest BCUT2D eigenvalue weighted by Gasteiger charge is -2.10. The summed E-state index contributed by atoms with van der Waals surface area (Å²) in [6.07, 6.45) is 0.536. The van der Waals surface area contributed by atoms with Gasteiger partial charge < -0.3 is 9.84 Å². The predicted molar refractivity (Wildman–Crippen MR) is 87.4 cm³/mol. The van der Waals surface area contributed by atoms with E-state index in [1.807, 2.05) is 24.3 Å². The minimum atomic E-state index is -0.0449. The van der Waals surface area contributed by atoms with Gasteiger partial charge in [-0.05, 0) is 29.8 Å². The van der Waals surface area contributed by atoms with Crippen molar-refractivity contribution >= 4 is 34.5 Å². The van der Waals surface area contributed by atoms with Crippen LogP contribution in [0.3, 0.4) is 0 Å². The van der Waals surface area contributed by atoms with Crippen molar-refractivity contribution in [1.29, 1.82) is 0 Å². The normalized spacial score (nSPS) is 10.6. The molecule has 0 unspecified atom stereocenters. The van der Waals surface area contributed by atoms with E-state index < -0.39 is 0 Å². The second-order valence-electron chi connectivity index (χ2n) is 4.45. The summed E-state index contributed by atoms with van der Waals surface area (Å²) in [7, 11) is 0. The smallest absolute Gasteiger partial charge is 0.291 e. The molecule has 0 bridgehead atoms. The number of ether oxygens (including phenoxy) is 1. The third-order valence-electron chi connectivity index (χ3n) is 2.86. The summed E-state index contributed by atoms with van der Waals surface area (Å²) < 4.78 is 5.78. The van der Waals surface area contributed by atoms with E-state index in [2.05, 4.69) is 10.2 Å². The number of halogens is 2. The Morgan fingerprint density at radius 2 is 1.77 bits per heavy atom. The highest BCUT2D eigenvalue weighted by Crippen LogP contribution is 2.34. The van der Waals surface area contributed by atoms with Crippen LogP contribution in [0.1, 0.15) is 10.6 Å². The molecule has 22 heavy (non-hydrogen) atoms. The van der Waals surface area contributed by atoms with E-state index in [1.165, 1.54) is 0 Å². The lowest BCUT2D eigenvalue weighted by atomic mass is 10.1. The van der Waals surface area contributed by atoms with E-state index in [0.717, 1.165) is 16.9 Å². The van der Waals surface area contributed by atoms with Crippen LogP contribution < -0.4 is 4.74 Å². The maximum Gasteiger partial charge on any atom is 0.291 e. The number of para-hydroxylation sites is 1. The van der Waals surface area contributed by atoms with Crippen LogP contribution in [0, 0.1) is 0 Å². The van der Waals surface area contributed by atoms with Crippen LogP contribution in [0.2, 0.25) is 10.0 Å². The van der Waals surface area contributed by atoms with Gasteiger partial charge in [-0.2, -0.15) is 0 Å². The van der Waals surface area contributed by atoms with Gasteiger partial charge in [-0.3, -0.25) is 0 Å². The van der Waals surface area contributed by atoms with Crippen molar-refractivity contribution in [2.45, 2.75) is 6.42 Å². The molecular weight excluding hydrogens is 343 g/mol. The van der Waals surface area contributed by atoms with Crippen molar-refractivity contribution in [1.82, 2.24) is 10.2 Å². The fourth-order valence-corrected chi connectivity index (χ4v) is 2.82. The lowest BCUT2D eigenvalue weighted by Crippen LogP contribution is -1.91. The van der Waals surface area contributed by atoms with Crippen molar-refractivity contribution in [2.24, 2.45) is 0 Å². The number of hydrogen-bond acceptors (Lipinski definition) is 5. The summed E-state index contributed by atoms with van der Waals surface area (Å²) in [5.74, 6) is 1.05. The van der Waals surface area contributed by atoms with E-state index in [1.54, 1.807) is 18.2 Å². The molecule has 1 heterocycles. The van der Waals surface area contributed by atoms with E-state index in [-0.39, 0.29) is 5.19 Å². The Hall–Kier alpha value is -1.82. The van der Waals surface area contributed by atoms with Crippen LogP contribution in [0.4, 0.5) is 0 Å². The Bertz CT molecular complexity index is 808. The average Bonchev–Trinajstić information content (AvgIpc) is 2.90. The fraction of sp³-hybridized carbons (Fsp3) is 0.0667. The molecule has 3 rings (SSSR count). The van der Waals surface area contributed by atoms with Crippen LogP contribution in [0.5, 0.6) is 16.7 Å². The first-order valence-corrected chi connectivity index (χ1v) is 7.91. The Kier molecular flexibility index (Phi) is 4.47. The summed E-state index contributed by atoms with van der Waals surface area (Å²) >= 11 is 13.4. The number of benzene rings is 2. The Morgan fingerprint density at radius 3 is 2.50 bits per heavy atom. The van der Waals surface area contributed by atoms with Gasteiger partial charge >= 0.3 is 0 Å². The molecule has 2 aromatic carbocycles. The first-order valence-electron chi connectivity index (χ1n) is 6.34. The second-order valence-corrected chi connectivity index (χ2v) is 6.31. The van der Waals surface area contributed by atoms with Gasteiger partial charge in [0.2, 0.25) is 0 Å². The topological polar surface area (TPSA) is 55.2 Å². The molecular formula is C15H10Cl2N2O2S. The molecule has 7 heteroatoms. The summed E-state index contributed by atoms with van der Waals surface area (Å²) in [6.45, 7) is 0. The molecule has 0 aliphatic rings. The molecule has 0 atom stereocenters. The predicted octanol–water partition coefficient (Wildman–Crippen LogP) is 4.93. The number of aromatic hydroxyl groups is 1. The van der Waals surface area contributed by atoms with Crippen LogP contribution in [0.25, 0.3) is 0 Å². The molecule has 1 N–H and O–H groups in total. The van der Waals surface area contributed by atoms with Gasteiger partial charge in [-0.1, -0.05) is 52.7 Å². The van der Waals surface area contributed by atoms with Gasteiger partial charge in [-0.15, -0.1) is 10.2 Å². The summed E-state index contributed by atoms with van der Waals surface area (Å²) in [5, 5.41) is 18.4. The van der Waals surface area contributed by atoms with Gasteiger partial charge in [0, 0.05) is 6.42 Å². The van der Waals surface area contributed by atoms with Crippen LogP contribution in [0.15, 0.2) is 42.5 Å².